The van der Waals surface area contributed by atoms with Crippen LogP contribution in [0.25, 0.3) is 0 Å². The van der Waals surface area contributed by atoms with Crippen molar-refractivity contribution in [3.8, 4) is 0 Å². The largest absolute Gasteiger partial charge is 0.460 e. The Morgan fingerprint density at radius 2 is 1.96 bits per heavy atom. The van der Waals surface area contributed by atoms with Gasteiger partial charge in [0.15, 0.2) is 0 Å². The lowest BCUT2D eigenvalue weighted by Gasteiger charge is -2.20. The molecule has 0 aliphatic heterocycles. The third kappa shape index (κ3) is 8.82. The number of carbonyl (C=O) groups is 2. The van der Waals surface area contributed by atoms with Gasteiger partial charge in [-0.3, -0.25) is 4.79 Å². The Hall–Kier alpha value is -1.28. The van der Waals surface area contributed by atoms with Crippen molar-refractivity contribution in [3.05, 3.63) is 12.2 Å². The topological polar surface area (TPSA) is 102 Å². The van der Waals surface area contributed by atoms with Gasteiger partial charge in [-0.15, -0.1) is 0 Å². The van der Waals surface area contributed by atoms with Gasteiger partial charge >= 0.3 is 5.97 Å². The van der Waals surface area contributed by atoms with E-state index in [4.69, 9.17) is 14.2 Å². The Labute approximate surface area is 168 Å². The lowest BCUT2D eigenvalue weighted by molar-refractivity contribution is -0.157. The summed E-state index contributed by atoms with van der Waals surface area (Å²) in [7, 11) is 0. The Kier molecular flexibility index (Phi) is 9.77. The molecule has 7 nitrogen and oxygen atoms in total. The zero-order valence-corrected chi connectivity index (χ0v) is 17.6. The molecule has 0 aromatic rings. The van der Waals surface area contributed by atoms with Crippen molar-refractivity contribution in [1.82, 2.24) is 0 Å². The van der Waals surface area contributed by atoms with E-state index in [0.717, 1.165) is 12.0 Å². The summed E-state index contributed by atoms with van der Waals surface area (Å²) >= 11 is 0. The van der Waals surface area contributed by atoms with E-state index >= 15 is 0 Å². The molecule has 2 N–H and O–H groups in total. The molecular formula is C21H36O7. The van der Waals surface area contributed by atoms with Crippen LogP contribution in [0.3, 0.4) is 0 Å². The van der Waals surface area contributed by atoms with E-state index in [0.29, 0.717) is 45.2 Å². The third-order valence-electron chi connectivity index (χ3n) is 4.41. The Balaban J connectivity index is 2.02. The van der Waals surface area contributed by atoms with Crippen molar-refractivity contribution >= 4 is 12.3 Å². The maximum atomic E-state index is 11.8. The Morgan fingerprint density at radius 3 is 2.54 bits per heavy atom. The molecular weight excluding hydrogens is 364 g/mol. The summed E-state index contributed by atoms with van der Waals surface area (Å²) in [6.45, 7) is 13.3. The SMILES string of the molecule is C=C(COCC(C)OC(=O)CCCCCOC1(O)C(O)C1C=O)CC(C)(C)C. The highest BCUT2D eigenvalue weighted by molar-refractivity contribution is 5.69. The van der Waals surface area contributed by atoms with Crippen LogP contribution in [0.4, 0.5) is 0 Å². The Bertz CT molecular complexity index is 525. The van der Waals surface area contributed by atoms with Gasteiger partial charge in [0.1, 0.15) is 24.4 Å². The summed E-state index contributed by atoms with van der Waals surface area (Å²) in [6.07, 6.45) is 2.18. The molecule has 28 heavy (non-hydrogen) atoms. The normalized spacial score (nSPS) is 25.2. The Morgan fingerprint density at radius 1 is 1.29 bits per heavy atom. The summed E-state index contributed by atoms with van der Waals surface area (Å²) in [5, 5.41) is 19.1. The number of esters is 1. The molecule has 4 unspecified atom stereocenters. The number of ether oxygens (including phenoxy) is 3. The van der Waals surface area contributed by atoms with E-state index < -0.39 is 17.8 Å². The monoisotopic (exact) mass is 400 g/mol. The summed E-state index contributed by atoms with van der Waals surface area (Å²) in [4.78, 5) is 22.4. The standard InChI is InChI=1S/C21H36O7/c1-15(11-20(3,4)5)13-26-14-16(2)28-18(23)9-7-6-8-10-27-21(25)17(12-22)19(21)24/h12,16-17,19,24-25H,1,6-11,13-14H2,2-5H3. The molecule has 0 spiro atoms. The molecule has 1 fully saturated rings. The van der Waals surface area contributed by atoms with Crippen LogP contribution in [-0.4, -0.2) is 60.3 Å². The summed E-state index contributed by atoms with van der Waals surface area (Å²) in [5.74, 6) is -2.87. The molecule has 1 aliphatic rings. The van der Waals surface area contributed by atoms with Crippen molar-refractivity contribution in [3.63, 3.8) is 0 Å². The molecule has 7 heteroatoms. The molecule has 4 atom stereocenters. The second-order valence-electron chi connectivity index (χ2n) is 8.82. The zero-order valence-electron chi connectivity index (χ0n) is 17.6. The van der Waals surface area contributed by atoms with E-state index in [9.17, 15) is 19.8 Å². The number of hydrogen-bond donors (Lipinski definition) is 2. The average Bonchev–Trinajstić information content (AvgIpc) is 3.08. The molecule has 1 aliphatic carbocycles. The van der Waals surface area contributed by atoms with Crippen molar-refractivity contribution in [1.29, 1.82) is 0 Å². The molecule has 0 bridgehead atoms. The second kappa shape index (κ2) is 11.0. The van der Waals surface area contributed by atoms with Crippen molar-refractivity contribution < 1.29 is 34.0 Å². The first kappa shape index (κ1) is 24.8. The van der Waals surface area contributed by atoms with E-state index in [1.807, 2.05) is 0 Å². The number of aliphatic hydroxyl groups is 2. The van der Waals surface area contributed by atoms with E-state index in [1.54, 1.807) is 6.92 Å². The number of aliphatic hydroxyl groups excluding tert-OH is 1. The van der Waals surface area contributed by atoms with Gasteiger partial charge in [-0.25, -0.2) is 0 Å². The molecule has 0 heterocycles. The highest BCUT2D eigenvalue weighted by Crippen LogP contribution is 2.43. The number of carbonyl (C=O) groups excluding carboxylic acids is 2. The first-order valence-electron chi connectivity index (χ1n) is 9.93. The van der Waals surface area contributed by atoms with Crippen LogP contribution >= 0.6 is 0 Å². The predicted molar refractivity (Wildman–Crippen MR) is 105 cm³/mol. The van der Waals surface area contributed by atoms with E-state index in [2.05, 4.69) is 27.4 Å². The van der Waals surface area contributed by atoms with Crippen molar-refractivity contribution in [2.45, 2.75) is 77.8 Å². The molecule has 0 radical (unpaired) electrons. The maximum absolute atomic E-state index is 11.8. The van der Waals surface area contributed by atoms with Gasteiger partial charge in [-0.1, -0.05) is 39.3 Å². The lowest BCUT2D eigenvalue weighted by Crippen LogP contribution is -2.21. The average molecular weight is 401 g/mol. The fourth-order valence-corrected chi connectivity index (χ4v) is 2.98. The van der Waals surface area contributed by atoms with Crippen LogP contribution in [0.15, 0.2) is 12.2 Å². The molecule has 1 saturated carbocycles. The smallest absolute Gasteiger partial charge is 0.306 e. The summed E-state index contributed by atoms with van der Waals surface area (Å²) in [6, 6.07) is 0. The van der Waals surface area contributed by atoms with Crippen LogP contribution in [-0.2, 0) is 23.8 Å². The third-order valence-corrected chi connectivity index (χ3v) is 4.41. The van der Waals surface area contributed by atoms with Crippen LogP contribution in [0.1, 0.15) is 59.8 Å². The van der Waals surface area contributed by atoms with Gasteiger partial charge < -0.3 is 29.2 Å². The highest BCUT2D eigenvalue weighted by Gasteiger charge is 2.66. The zero-order chi connectivity index (χ0) is 21.4. The molecule has 1 rings (SSSR count). The second-order valence-corrected chi connectivity index (χ2v) is 8.82. The highest BCUT2D eigenvalue weighted by atomic mass is 16.7. The minimum atomic E-state index is -1.73. The van der Waals surface area contributed by atoms with Crippen LogP contribution in [0.5, 0.6) is 0 Å². The number of hydrogen-bond acceptors (Lipinski definition) is 7. The van der Waals surface area contributed by atoms with Crippen molar-refractivity contribution in [2.75, 3.05) is 19.8 Å². The van der Waals surface area contributed by atoms with Crippen LogP contribution in [0.2, 0.25) is 0 Å². The molecule has 162 valence electrons. The predicted octanol–water partition coefficient (Wildman–Crippen LogP) is 2.38. The summed E-state index contributed by atoms with van der Waals surface area (Å²) in [5.41, 5.74) is 1.20. The van der Waals surface area contributed by atoms with Gasteiger partial charge in [0.25, 0.3) is 0 Å². The quantitative estimate of drug-likeness (QED) is 0.152. The van der Waals surface area contributed by atoms with E-state index in [-0.39, 0.29) is 24.1 Å². The van der Waals surface area contributed by atoms with Gasteiger partial charge in [0.2, 0.25) is 5.79 Å². The van der Waals surface area contributed by atoms with Gasteiger partial charge in [-0.2, -0.15) is 0 Å². The molecule has 0 amide bonds. The molecule has 0 aromatic heterocycles. The van der Waals surface area contributed by atoms with Crippen LogP contribution < -0.4 is 0 Å². The maximum Gasteiger partial charge on any atom is 0.306 e. The van der Waals surface area contributed by atoms with Crippen molar-refractivity contribution in [2.24, 2.45) is 11.3 Å². The number of rotatable bonds is 14. The molecule has 0 aromatic carbocycles. The van der Waals surface area contributed by atoms with Gasteiger partial charge in [-0.05, 0) is 31.6 Å². The van der Waals surface area contributed by atoms with Crippen LogP contribution in [0, 0.1) is 11.3 Å². The van der Waals surface area contributed by atoms with Gasteiger partial charge in [0.05, 0.1) is 19.8 Å². The number of unbranched alkanes of at least 4 members (excludes halogenated alkanes) is 2. The number of aldehydes is 1. The minimum Gasteiger partial charge on any atom is -0.460 e. The minimum absolute atomic E-state index is 0.177. The van der Waals surface area contributed by atoms with E-state index in [1.165, 1.54) is 0 Å². The van der Waals surface area contributed by atoms with Gasteiger partial charge in [0, 0.05) is 6.42 Å². The fourth-order valence-electron chi connectivity index (χ4n) is 2.98. The molecule has 0 saturated heterocycles. The first-order chi connectivity index (χ1) is 13.0. The first-order valence-corrected chi connectivity index (χ1v) is 9.93. The summed E-state index contributed by atoms with van der Waals surface area (Å²) < 4.78 is 16.0. The lowest BCUT2D eigenvalue weighted by atomic mass is 9.89. The fraction of sp³-hybridized carbons (Fsp3) is 0.810.